The van der Waals surface area contributed by atoms with Crippen molar-refractivity contribution in [3.63, 3.8) is 0 Å². The highest BCUT2D eigenvalue weighted by Crippen LogP contribution is 2.35. The lowest BCUT2D eigenvalue weighted by Crippen LogP contribution is -2.36. The molecule has 2 aromatic rings. The van der Waals surface area contributed by atoms with Crippen molar-refractivity contribution in [3.8, 4) is 0 Å². The van der Waals surface area contributed by atoms with Crippen molar-refractivity contribution in [2.45, 2.75) is 25.8 Å². The Hall–Kier alpha value is -1.68. The molecule has 112 valence electrons. The van der Waals surface area contributed by atoms with Crippen LogP contribution in [0.2, 0.25) is 0 Å². The summed E-state index contributed by atoms with van der Waals surface area (Å²) >= 11 is 0. The van der Waals surface area contributed by atoms with Crippen molar-refractivity contribution in [3.05, 3.63) is 35.8 Å². The van der Waals surface area contributed by atoms with Gasteiger partial charge in [-0.1, -0.05) is 12.1 Å². The summed E-state index contributed by atoms with van der Waals surface area (Å²) in [6.45, 7) is 2.79. The Bertz CT molecular complexity index is 648. The van der Waals surface area contributed by atoms with Gasteiger partial charge in [0.25, 0.3) is 0 Å². The summed E-state index contributed by atoms with van der Waals surface area (Å²) in [5.74, 6) is 0.532. The van der Waals surface area contributed by atoms with Crippen molar-refractivity contribution in [2.24, 2.45) is 5.92 Å². The van der Waals surface area contributed by atoms with Gasteiger partial charge in [0, 0.05) is 29.4 Å². The molecular weight excluding hydrogens is 265 g/mol. The molecule has 1 heterocycles. The molecule has 1 aliphatic rings. The fraction of sp³-hybridized carbons (Fsp3) is 0.471. The molecule has 3 rings (SSSR count). The third-order valence-corrected chi connectivity index (χ3v) is 4.25. The highest BCUT2D eigenvalue weighted by Gasteiger charge is 2.32. The van der Waals surface area contributed by atoms with Crippen LogP contribution in [-0.4, -0.2) is 36.6 Å². The largest absolute Gasteiger partial charge is 0.383 e. The van der Waals surface area contributed by atoms with Gasteiger partial charge in [-0.15, -0.1) is 0 Å². The number of hydrogen-bond donors (Lipinski definition) is 1. The average molecular weight is 287 g/mol. The fourth-order valence-electron chi connectivity index (χ4n) is 2.95. The number of pyridine rings is 1. The molecule has 1 unspecified atom stereocenters. The fourth-order valence-corrected chi connectivity index (χ4v) is 2.95. The minimum atomic E-state index is -0.259. The van der Waals surface area contributed by atoms with E-state index in [2.05, 4.69) is 29.3 Å². The normalized spacial score (nSPS) is 16.4. The van der Waals surface area contributed by atoms with Crippen LogP contribution < -0.4 is 5.32 Å². The molecule has 1 saturated carbocycles. The van der Waals surface area contributed by atoms with Gasteiger partial charge in [0.05, 0.1) is 0 Å². The SMILES string of the molecule is Cc1cc(NCC(C2CC2)N(C)C)c2cccc(F)c2n1. The molecule has 4 heteroatoms. The third-order valence-electron chi connectivity index (χ3n) is 4.25. The van der Waals surface area contributed by atoms with Crippen LogP contribution in [-0.2, 0) is 0 Å². The first-order valence-electron chi connectivity index (χ1n) is 7.52. The van der Waals surface area contributed by atoms with Gasteiger partial charge in [0.15, 0.2) is 0 Å². The van der Waals surface area contributed by atoms with Gasteiger partial charge in [-0.3, -0.25) is 0 Å². The lowest BCUT2D eigenvalue weighted by Gasteiger charge is -2.25. The van der Waals surface area contributed by atoms with Crippen LogP contribution in [0.1, 0.15) is 18.5 Å². The summed E-state index contributed by atoms with van der Waals surface area (Å²) in [5.41, 5.74) is 2.26. The van der Waals surface area contributed by atoms with Gasteiger partial charge in [-0.25, -0.2) is 9.37 Å². The zero-order valence-electron chi connectivity index (χ0n) is 12.9. The number of hydrogen-bond acceptors (Lipinski definition) is 3. The molecule has 1 N–H and O–H groups in total. The van der Waals surface area contributed by atoms with E-state index in [9.17, 15) is 4.39 Å². The van der Waals surface area contributed by atoms with Crippen LogP contribution in [0.5, 0.6) is 0 Å². The van der Waals surface area contributed by atoms with E-state index in [1.54, 1.807) is 6.07 Å². The Kier molecular flexibility index (Phi) is 3.81. The Morgan fingerprint density at radius 2 is 2.14 bits per heavy atom. The number of anilines is 1. The van der Waals surface area contributed by atoms with Gasteiger partial charge in [0.2, 0.25) is 0 Å². The number of fused-ring (bicyclic) bond motifs is 1. The van der Waals surface area contributed by atoms with E-state index in [4.69, 9.17) is 0 Å². The van der Waals surface area contributed by atoms with E-state index in [-0.39, 0.29) is 5.82 Å². The number of likely N-dealkylation sites (N-methyl/N-ethyl adjacent to an activating group) is 1. The number of aryl methyl sites for hydroxylation is 1. The van der Waals surface area contributed by atoms with E-state index in [1.807, 2.05) is 19.1 Å². The third kappa shape index (κ3) is 3.00. The Morgan fingerprint density at radius 3 is 2.81 bits per heavy atom. The second-order valence-electron chi connectivity index (χ2n) is 6.20. The van der Waals surface area contributed by atoms with Crippen molar-refractivity contribution < 1.29 is 4.39 Å². The lowest BCUT2D eigenvalue weighted by atomic mass is 10.1. The number of nitrogens with one attached hydrogen (secondary N) is 1. The molecule has 0 amide bonds. The number of aromatic nitrogens is 1. The lowest BCUT2D eigenvalue weighted by molar-refractivity contribution is 0.276. The maximum atomic E-state index is 13.9. The second-order valence-corrected chi connectivity index (χ2v) is 6.20. The Morgan fingerprint density at radius 1 is 1.38 bits per heavy atom. The number of benzene rings is 1. The van der Waals surface area contributed by atoms with Crippen LogP contribution >= 0.6 is 0 Å². The molecular formula is C17H22FN3. The molecule has 0 spiro atoms. The molecule has 1 atom stereocenters. The number of nitrogens with zero attached hydrogens (tertiary/aromatic N) is 2. The van der Waals surface area contributed by atoms with Crippen molar-refractivity contribution >= 4 is 16.6 Å². The summed E-state index contributed by atoms with van der Waals surface area (Å²) in [6.07, 6.45) is 2.63. The summed E-state index contributed by atoms with van der Waals surface area (Å²) in [6, 6.07) is 7.66. The van der Waals surface area contributed by atoms with Crippen molar-refractivity contribution in [1.82, 2.24) is 9.88 Å². The minimum absolute atomic E-state index is 0.259. The van der Waals surface area contributed by atoms with E-state index >= 15 is 0 Å². The van der Waals surface area contributed by atoms with Crippen molar-refractivity contribution in [1.29, 1.82) is 0 Å². The highest BCUT2D eigenvalue weighted by molar-refractivity contribution is 5.91. The van der Waals surface area contributed by atoms with E-state index in [0.717, 1.165) is 29.2 Å². The van der Waals surface area contributed by atoms with Crippen LogP contribution in [0.15, 0.2) is 24.3 Å². The van der Waals surface area contributed by atoms with Crippen LogP contribution in [0.4, 0.5) is 10.1 Å². The average Bonchev–Trinajstić information content (AvgIpc) is 3.24. The Balaban J connectivity index is 1.88. The summed E-state index contributed by atoms with van der Waals surface area (Å²) in [7, 11) is 4.25. The monoisotopic (exact) mass is 287 g/mol. The molecule has 0 bridgehead atoms. The maximum absolute atomic E-state index is 13.9. The topological polar surface area (TPSA) is 28.2 Å². The first-order chi connectivity index (χ1) is 10.1. The number of para-hydroxylation sites is 1. The molecule has 0 aliphatic heterocycles. The van der Waals surface area contributed by atoms with E-state index < -0.39 is 0 Å². The predicted octanol–water partition coefficient (Wildman–Crippen LogP) is 3.43. The maximum Gasteiger partial charge on any atom is 0.149 e. The van der Waals surface area contributed by atoms with E-state index in [0.29, 0.717) is 11.6 Å². The van der Waals surface area contributed by atoms with Gasteiger partial charge in [-0.05, 0) is 51.9 Å². The molecule has 0 radical (unpaired) electrons. The molecule has 0 saturated heterocycles. The number of halogens is 1. The molecule has 1 aromatic heterocycles. The first kappa shape index (κ1) is 14.3. The van der Waals surface area contributed by atoms with Crippen molar-refractivity contribution in [2.75, 3.05) is 26.0 Å². The number of rotatable bonds is 5. The highest BCUT2D eigenvalue weighted by atomic mass is 19.1. The van der Waals surface area contributed by atoms with Gasteiger partial charge < -0.3 is 10.2 Å². The Labute approximate surface area is 125 Å². The van der Waals surface area contributed by atoms with Gasteiger partial charge in [-0.2, -0.15) is 0 Å². The molecule has 1 aromatic carbocycles. The molecule has 1 fully saturated rings. The zero-order chi connectivity index (χ0) is 15.0. The summed E-state index contributed by atoms with van der Waals surface area (Å²) in [4.78, 5) is 6.60. The molecule has 1 aliphatic carbocycles. The minimum Gasteiger partial charge on any atom is -0.383 e. The summed E-state index contributed by atoms with van der Waals surface area (Å²) < 4.78 is 13.9. The molecule has 21 heavy (non-hydrogen) atoms. The molecule has 3 nitrogen and oxygen atoms in total. The van der Waals surface area contributed by atoms with Crippen LogP contribution in [0.25, 0.3) is 10.9 Å². The van der Waals surface area contributed by atoms with Gasteiger partial charge in [0.1, 0.15) is 11.3 Å². The smallest absolute Gasteiger partial charge is 0.149 e. The first-order valence-corrected chi connectivity index (χ1v) is 7.52. The predicted molar refractivity (Wildman–Crippen MR) is 85.1 cm³/mol. The summed E-state index contributed by atoms with van der Waals surface area (Å²) in [5, 5.41) is 4.37. The van der Waals surface area contributed by atoms with E-state index in [1.165, 1.54) is 18.9 Å². The van der Waals surface area contributed by atoms with Crippen LogP contribution in [0.3, 0.4) is 0 Å². The van der Waals surface area contributed by atoms with Gasteiger partial charge >= 0.3 is 0 Å². The second kappa shape index (κ2) is 5.60. The quantitative estimate of drug-likeness (QED) is 0.913. The standard InChI is InChI=1S/C17H22FN3/c1-11-9-15(13-5-4-6-14(18)17(13)20-11)19-10-16(21(2)3)12-7-8-12/h4-6,9,12,16H,7-8,10H2,1-3H3,(H,19,20). The van der Waals surface area contributed by atoms with Crippen LogP contribution in [0, 0.1) is 18.7 Å². The zero-order valence-corrected chi connectivity index (χ0v) is 12.9.